The van der Waals surface area contributed by atoms with Crippen molar-refractivity contribution in [1.82, 2.24) is 0 Å². The van der Waals surface area contributed by atoms with Crippen molar-refractivity contribution in [2.75, 3.05) is 0 Å². The van der Waals surface area contributed by atoms with Crippen LogP contribution in [0.15, 0.2) is 101 Å². The fourth-order valence-corrected chi connectivity index (χ4v) is 2.93. The molecule has 0 aliphatic carbocycles. The molecular formula is C26H18O4. The van der Waals surface area contributed by atoms with Gasteiger partial charge in [-0.25, -0.2) is 4.79 Å². The number of allylic oxidation sites excluding steroid dienone is 1. The van der Waals surface area contributed by atoms with Crippen molar-refractivity contribution in [3.05, 3.63) is 114 Å². The number of esters is 1. The van der Waals surface area contributed by atoms with Gasteiger partial charge < -0.3 is 9.15 Å². The molecular weight excluding hydrogens is 376 g/mol. The zero-order valence-corrected chi connectivity index (χ0v) is 16.0. The molecule has 1 heterocycles. The Bertz CT molecular complexity index is 1210. The molecule has 0 saturated heterocycles. The zero-order chi connectivity index (χ0) is 20.8. The molecule has 0 atom stereocenters. The van der Waals surface area contributed by atoms with Crippen molar-refractivity contribution in [1.29, 1.82) is 0 Å². The summed E-state index contributed by atoms with van der Waals surface area (Å²) in [6, 6.07) is 25.7. The number of para-hydroxylation sites is 2. The van der Waals surface area contributed by atoms with Crippen molar-refractivity contribution in [3.63, 3.8) is 0 Å². The van der Waals surface area contributed by atoms with Crippen LogP contribution < -0.4 is 4.74 Å². The SMILES string of the molecule is O=C(/C=C/c1ccccc1)Oc1ccccc1/C=C/C(=O)c1cc2ccccc2o1. The minimum atomic E-state index is -0.497. The Kier molecular flexibility index (Phi) is 5.67. The van der Waals surface area contributed by atoms with Gasteiger partial charge >= 0.3 is 5.97 Å². The molecule has 0 saturated carbocycles. The molecule has 4 aromatic rings. The number of rotatable bonds is 6. The lowest BCUT2D eigenvalue weighted by atomic mass is 10.1. The number of fused-ring (bicyclic) bond motifs is 1. The van der Waals surface area contributed by atoms with E-state index in [4.69, 9.17) is 9.15 Å². The lowest BCUT2D eigenvalue weighted by Gasteiger charge is -2.05. The molecule has 146 valence electrons. The summed E-state index contributed by atoms with van der Waals surface area (Å²) in [4.78, 5) is 24.7. The Morgan fingerprint density at radius 2 is 1.50 bits per heavy atom. The van der Waals surface area contributed by atoms with Crippen molar-refractivity contribution >= 4 is 34.9 Å². The largest absolute Gasteiger partial charge is 0.453 e. The van der Waals surface area contributed by atoms with E-state index in [1.165, 1.54) is 12.2 Å². The van der Waals surface area contributed by atoms with Gasteiger partial charge in [0.25, 0.3) is 0 Å². The van der Waals surface area contributed by atoms with Crippen LogP contribution in [0.5, 0.6) is 5.75 Å². The van der Waals surface area contributed by atoms with Gasteiger partial charge in [0.2, 0.25) is 5.78 Å². The van der Waals surface area contributed by atoms with Crippen LogP contribution in [-0.4, -0.2) is 11.8 Å². The first-order valence-electron chi connectivity index (χ1n) is 9.44. The number of carbonyl (C=O) groups is 2. The third kappa shape index (κ3) is 4.62. The normalized spacial score (nSPS) is 11.3. The van der Waals surface area contributed by atoms with E-state index in [2.05, 4.69) is 0 Å². The molecule has 0 fully saturated rings. The molecule has 0 radical (unpaired) electrons. The summed E-state index contributed by atoms with van der Waals surface area (Å²) in [5.41, 5.74) is 2.18. The van der Waals surface area contributed by atoms with Crippen molar-refractivity contribution in [3.8, 4) is 5.75 Å². The second kappa shape index (κ2) is 8.88. The lowest BCUT2D eigenvalue weighted by molar-refractivity contribution is -0.128. The molecule has 30 heavy (non-hydrogen) atoms. The number of furan rings is 1. The van der Waals surface area contributed by atoms with Gasteiger partial charge in [-0.1, -0.05) is 66.7 Å². The van der Waals surface area contributed by atoms with Crippen LogP contribution in [0.2, 0.25) is 0 Å². The average molecular weight is 394 g/mol. The first kappa shape index (κ1) is 19.2. The predicted octanol–water partition coefficient (Wildman–Crippen LogP) is 5.95. The number of hydrogen-bond acceptors (Lipinski definition) is 4. The van der Waals surface area contributed by atoms with Crippen LogP contribution in [-0.2, 0) is 4.79 Å². The van der Waals surface area contributed by atoms with Crippen LogP contribution in [0.4, 0.5) is 0 Å². The summed E-state index contributed by atoms with van der Waals surface area (Å²) >= 11 is 0. The Morgan fingerprint density at radius 1 is 0.767 bits per heavy atom. The first-order valence-corrected chi connectivity index (χ1v) is 9.44. The highest BCUT2D eigenvalue weighted by Crippen LogP contribution is 2.22. The highest BCUT2D eigenvalue weighted by molar-refractivity contribution is 6.07. The number of ether oxygens (including phenoxy) is 1. The Balaban J connectivity index is 1.48. The van der Waals surface area contributed by atoms with Gasteiger partial charge in [0.05, 0.1) is 0 Å². The fourth-order valence-electron chi connectivity index (χ4n) is 2.93. The Labute approximate surface area is 173 Å². The number of ketones is 1. The van der Waals surface area contributed by atoms with E-state index in [0.29, 0.717) is 16.9 Å². The second-order valence-electron chi connectivity index (χ2n) is 6.55. The summed E-state index contributed by atoms with van der Waals surface area (Å²) in [5.74, 6) is -0.138. The summed E-state index contributed by atoms with van der Waals surface area (Å²) < 4.78 is 11.0. The molecule has 0 amide bonds. The van der Waals surface area contributed by atoms with Gasteiger partial charge in [-0.15, -0.1) is 0 Å². The molecule has 0 N–H and O–H groups in total. The Morgan fingerprint density at radius 3 is 2.33 bits per heavy atom. The van der Waals surface area contributed by atoms with E-state index in [1.54, 1.807) is 36.4 Å². The highest BCUT2D eigenvalue weighted by atomic mass is 16.5. The van der Waals surface area contributed by atoms with Gasteiger partial charge in [-0.2, -0.15) is 0 Å². The smallest absolute Gasteiger partial charge is 0.336 e. The van der Waals surface area contributed by atoms with Gasteiger partial charge in [-0.3, -0.25) is 4.79 Å². The molecule has 4 nitrogen and oxygen atoms in total. The van der Waals surface area contributed by atoms with Crippen LogP contribution >= 0.6 is 0 Å². The van der Waals surface area contributed by atoms with Crippen LogP contribution in [0, 0.1) is 0 Å². The van der Waals surface area contributed by atoms with Crippen molar-refractivity contribution in [2.24, 2.45) is 0 Å². The summed E-state index contributed by atoms with van der Waals surface area (Å²) in [6.07, 6.45) is 6.07. The zero-order valence-electron chi connectivity index (χ0n) is 16.0. The number of carbonyl (C=O) groups excluding carboxylic acids is 2. The minimum absolute atomic E-state index is 0.257. The summed E-state index contributed by atoms with van der Waals surface area (Å²) in [6.45, 7) is 0. The first-order chi connectivity index (χ1) is 14.7. The maximum absolute atomic E-state index is 12.5. The van der Waals surface area contributed by atoms with Crippen molar-refractivity contribution < 1.29 is 18.7 Å². The standard InChI is InChI=1S/C26H18O4/c27-22(25-18-21-11-5-7-13-24(21)29-25)16-15-20-10-4-6-12-23(20)30-26(28)17-14-19-8-2-1-3-9-19/h1-18H/b16-15+,17-14+. The van der Waals surface area contributed by atoms with E-state index in [-0.39, 0.29) is 11.5 Å². The molecule has 1 aromatic heterocycles. The second-order valence-corrected chi connectivity index (χ2v) is 6.55. The third-order valence-corrected chi connectivity index (χ3v) is 4.42. The van der Waals surface area contributed by atoms with Gasteiger partial charge in [0.1, 0.15) is 11.3 Å². The third-order valence-electron chi connectivity index (χ3n) is 4.42. The molecule has 4 heteroatoms. The minimum Gasteiger partial charge on any atom is -0.453 e. The van der Waals surface area contributed by atoms with E-state index in [1.807, 2.05) is 60.7 Å². The van der Waals surface area contributed by atoms with E-state index < -0.39 is 5.97 Å². The molecule has 0 aliphatic heterocycles. The summed E-state index contributed by atoms with van der Waals surface area (Å²) in [5, 5.41) is 0.869. The maximum atomic E-state index is 12.5. The molecule has 3 aromatic carbocycles. The fraction of sp³-hybridized carbons (Fsp3) is 0. The van der Waals surface area contributed by atoms with Crippen LogP contribution in [0.1, 0.15) is 21.7 Å². The number of hydrogen-bond donors (Lipinski definition) is 0. The lowest BCUT2D eigenvalue weighted by Crippen LogP contribution is -2.04. The molecule has 0 spiro atoms. The number of benzene rings is 3. The summed E-state index contributed by atoms with van der Waals surface area (Å²) in [7, 11) is 0. The highest BCUT2D eigenvalue weighted by Gasteiger charge is 2.10. The predicted molar refractivity (Wildman–Crippen MR) is 117 cm³/mol. The maximum Gasteiger partial charge on any atom is 0.336 e. The van der Waals surface area contributed by atoms with Crippen LogP contribution in [0.25, 0.3) is 23.1 Å². The molecule has 0 unspecified atom stereocenters. The van der Waals surface area contributed by atoms with Crippen LogP contribution in [0.3, 0.4) is 0 Å². The monoisotopic (exact) mass is 394 g/mol. The quantitative estimate of drug-likeness (QED) is 0.176. The van der Waals surface area contributed by atoms with E-state index in [9.17, 15) is 9.59 Å². The van der Waals surface area contributed by atoms with Gasteiger partial charge in [0, 0.05) is 17.0 Å². The Hall–Kier alpha value is -4.18. The molecule has 0 aliphatic rings. The molecule has 0 bridgehead atoms. The van der Waals surface area contributed by atoms with E-state index in [0.717, 1.165) is 10.9 Å². The van der Waals surface area contributed by atoms with Gasteiger partial charge in [0.15, 0.2) is 5.76 Å². The topological polar surface area (TPSA) is 56.5 Å². The van der Waals surface area contributed by atoms with Crippen molar-refractivity contribution in [2.45, 2.75) is 0 Å². The van der Waals surface area contributed by atoms with E-state index >= 15 is 0 Å². The van der Waals surface area contributed by atoms with Gasteiger partial charge in [-0.05, 0) is 42.0 Å². The molecule has 4 rings (SSSR count). The average Bonchev–Trinajstić information content (AvgIpc) is 3.22.